The lowest BCUT2D eigenvalue weighted by Crippen LogP contribution is -2.39. The molecule has 1 aromatic heterocycles. The Morgan fingerprint density at radius 1 is 1.14 bits per heavy atom. The lowest BCUT2D eigenvalue weighted by atomic mass is 10.0. The molecule has 6 nitrogen and oxygen atoms in total. The highest BCUT2D eigenvalue weighted by Crippen LogP contribution is 2.21. The van der Waals surface area contributed by atoms with Crippen molar-refractivity contribution >= 4 is 17.4 Å². The number of benzene rings is 1. The van der Waals surface area contributed by atoms with Gasteiger partial charge in [-0.25, -0.2) is 23.5 Å². The van der Waals surface area contributed by atoms with Crippen molar-refractivity contribution in [3.63, 3.8) is 0 Å². The zero-order valence-corrected chi connectivity index (χ0v) is 16.4. The molecule has 2 aromatic rings. The number of ketones is 1. The summed E-state index contributed by atoms with van der Waals surface area (Å²) < 4.78 is 32.2. The molecule has 2 heterocycles. The molecule has 1 aromatic carbocycles. The lowest BCUT2D eigenvalue weighted by molar-refractivity contribution is 0.0270. The van der Waals surface area contributed by atoms with Crippen LogP contribution in [0.5, 0.6) is 0 Å². The summed E-state index contributed by atoms with van der Waals surface area (Å²) in [7, 11) is 0. The molecule has 0 saturated heterocycles. The number of carbonyl (C=O) groups excluding carboxylic acids is 2. The average Bonchev–Trinajstić information content (AvgIpc) is 2.66. The van der Waals surface area contributed by atoms with Gasteiger partial charge >= 0.3 is 6.09 Å². The van der Waals surface area contributed by atoms with Crippen molar-refractivity contribution in [1.29, 1.82) is 0 Å². The summed E-state index contributed by atoms with van der Waals surface area (Å²) >= 11 is 0. The largest absolute Gasteiger partial charge is 0.444 e. The first kappa shape index (κ1) is 20.6. The van der Waals surface area contributed by atoms with Crippen molar-refractivity contribution in [2.24, 2.45) is 0 Å². The van der Waals surface area contributed by atoms with E-state index in [4.69, 9.17) is 4.74 Å². The number of hydrogen-bond donors (Lipinski definition) is 0. The Kier molecular flexibility index (Phi) is 5.72. The van der Waals surface area contributed by atoms with Crippen LogP contribution in [0.2, 0.25) is 0 Å². The van der Waals surface area contributed by atoms with E-state index in [1.54, 1.807) is 4.90 Å². The molecule has 0 unspecified atom stereocenters. The van der Waals surface area contributed by atoms with Crippen molar-refractivity contribution in [2.45, 2.75) is 32.8 Å². The smallest absolute Gasteiger partial charge is 0.410 e. The van der Waals surface area contributed by atoms with Gasteiger partial charge in [0.15, 0.2) is 11.6 Å². The molecule has 0 radical (unpaired) electrons. The van der Waals surface area contributed by atoms with Crippen LogP contribution in [0, 0.1) is 11.6 Å². The standard InChI is InChI=1S/C21H21F2N3O3/c1-21(2,3)29-20(28)26-8-6-13(7-9-26)19-24-11-14(12-25-19)18(27)16-5-4-15(22)10-17(16)23/h4-6,10-12H,7-9H2,1-3H3. The summed E-state index contributed by atoms with van der Waals surface area (Å²) in [5.74, 6) is -1.88. The van der Waals surface area contributed by atoms with Crippen LogP contribution in [0.1, 0.15) is 48.9 Å². The van der Waals surface area contributed by atoms with Gasteiger partial charge in [-0.2, -0.15) is 0 Å². The minimum absolute atomic E-state index is 0.103. The Hall–Kier alpha value is -3.16. The van der Waals surface area contributed by atoms with E-state index in [9.17, 15) is 18.4 Å². The van der Waals surface area contributed by atoms with Crippen LogP contribution >= 0.6 is 0 Å². The van der Waals surface area contributed by atoms with E-state index in [0.29, 0.717) is 31.4 Å². The number of ether oxygens (including phenoxy) is 1. The zero-order valence-electron chi connectivity index (χ0n) is 16.4. The molecule has 1 amide bonds. The normalized spacial score (nSPS) is 14.4. The third-order valence-corrected chi connectivity index (χ3v) is 4.24. The first-order valence-electron chi connectivity index (χ1n) is 9.13. The molecule has 29 heavy (non-hydrogen) atoms. The Morgan fingerprint density at radius 3 is 2.38 bits per heavy atom. The monoisotopic (exact) mass is 401 g/mol. The second-order valence-corrected chi connectivity index (χ2v) is 7.65. The SMILES string of the molecule is CC(C)(C)OC(=O)N1CC=C(c2ncc(C(=O)c3ccc(F)cc3F)cn2)CC1. The maximum absolute atomic E-state index is 13.8. The van der Waals surface area contributed by atoms with Gasteiger partial charge in [0.05, 0.1) is 11.1 Å². The molecular formula is C21H21F2N3O3. The average molecular weight is 401 g/mol. The maximum Gasteiger partial charge on any atom is 0.410 e. The van der Waals surface area contributed by atoms with Gasteiger partial charge in [0, 0.05) is 31.5 Å². The van der Waals surface area contributed by atoms with E-state index in [0.717, 1.165) is 17.7 Å². The predicted octanol–water partition coefficient (Wildman–Crippen LogP) is 4.01. The second-order valence-electron chi connectivity index (χ2n) is 7.65. The van der Waals surface area contributed by atoms with Gasteiger partial charge in [0.25, 0.3) is 0 Å². The molecule has 0 spiro atoms. The third kappa shape index (κ3) is 5.01. The molecule has 0 fully saturated rings. The quantitative estimate of drug-likeness (QED) is 0.727. The Bertz CT molecular complexity index is 966. The number of amides is 1. The van der Waals surface area contributed by atoms with Gasteiger partial charge in [-0.15, -0.1) is 0 Å². The molecular weight excluding hydrogens is 380 g/mol. The molecule has 0 bridgehead atoms. The molecule has 1 aliphatic heterocycles. The van der Waals surface area contributed by atoms with Crippen molar-refractivity contribution in [2.75, 3.05) is 13.1 Å². The summed E-state index contributed by atoms with van der Waals surface area (Å²) in [5, 5.41) is 0. The van der Waals surface area contributed by atoms with Gasteiger partial charge in [0.2, 0.25) is 0 Å². The van der Waals surface area contributed by atoms with Gasteiger partial charge in [-0.3, -0.25) is 4.79 Å². The lowest BCUT2D eigenvalue weighted by Gasteiger charge is -2.29. The fraction of sp³-hybridized carbons (Fsp3) is 0.333. The van der Waals surface area contributed by atoms with Crippen molar-refractivity contribution in [1.82, 2.24) is 14.9 Å². The first-order valence-corrected chi connectivity index (χ1v) is 9.13. The van der Waals surface area contributed by atoms with E-state index in [1.165, 1.54) is 12.4 Å². The Labute approximate surface area is 167 Å². The van der Waals surface area contributed by atoms with Gasteiger partial charge in [0.1, 0.15) is 17.2 Å². The second kappa shape index (κ2) is 8.06. The van der Waals surface area contributed by atoms with Crippen LogP contribution in [0.3, 0.4) is 0 Å². The Balaban J connectivity index is 1.69. The number of rotatable bonds is 3. The van der Waals surface area contributed by atoms with Gasteiger partial charge in [-0.1, -0.05) is 6.08 Å². The molecule has 0 atom stereocenters. The third-order valence-electron chi connectivity index (χ3n) is 4.24. The van der Waals surface area contributed by atoms with E-state index in [2.05, 4.69) is 9.97 Å². The summed E-state index contributed by atoms with van der Waals surface area (Å²) in [6.45, 7) is 6.26. The van der Waals surface area contributed by atoms with Crippen LogP contribution in [-0.4, -0.2) is 45.4 Å². The number of carbonyl (C=O) groups is 2. The van der Waals surface area contributed by atoms with Gasteiger partial charge < -0.3 is 9.64 Å². The number of aromatic nitrogens is 2. The summed E-state index contributed by atoms with van der Waals surface area (Å²) in [4.78, 5) is 34.5. The summed E-state index contributed by atoms with van der Waals surface area (Å²) in [5.41, 5.74) is 0.145. The maximum atomic E-state index is 13.8. The molecule has 8 heteroatoms. The highest BCUT2D eigenvalue weighted by Gasteiger charge is 2.24. The molecule has 0 saturated carbocycles. The van der Waals surface area contributed by atoms with Crippen LogP contribution < -0.4 is 0 Å². The van der Waals surface area contributed by atoms with E-state index in [1.807, 2.05) is 26.8 Å². The van der Waals surface area contributed by atoms with E-state index < -0.39 is 23.0 Å². The molecule has 3 rings (SSSR count). The number of nitrogens with zero attached hydrogens (tertiary/aromatic N) is 3. The number of hydrogen-bond acceptors (Lipinski definition) is 5. The fourth-order valence-electron chi connectivity index (χ4n) is 2.80. The zero-order chi connectivity index (χ0) is 21.2. The van der Waals surface area contributed by atoms with Crippen LogP contribution in [0.25, 0.3) is 5.57 Å². The minimum atomic E-state index is -0.934. The number of halogens is 2. The molecule has 0 aliphatic carbocycles. The minimum Gasteiger partial charge on any atom is -0.444 e. The molecule has 1 aliphatic rings. The van der Waals surface area contributed by atoms with Crippen molar-refractivity contribution < 1.29 is 23.1 Å². The first-order chi connectivity index (χ1) is 13.6. The predicted molar refractivity (Wildman–Crippen MR) is 102 cm³/mol. The molecule has 0 N–H and O–H groups in total. The molecule has 152 valence electrons. The summed E-state index contributed by atoms with van der Waals surface area (Å²) in [6, 6.07) is 2.77. The van der Waals surface area contributed by atoms with Crippen molar-refractivity contribution in [3.8, 4) is 0 Å². The van der Waals surface area contributed by atoms with Crippen LogP contribution in [0.4, 0.5) is 13.6 Å². The summed E-state index contributed by atoms with van der Waals surface area (Å²) in [6.07, 6.45) is 4.63. The fourth-order valence-corrected chi connectivity index (χ4v) is 2.80. The van der Waals surface area contributed by atoms with Crippen LogP contribution in [-0.2, 0) is 4.74 Å². The van der Waals surface area contributed by atoms with Gasteiger partial charge in [-0.05, 0) is 44.9 Å². The van der Waals surface area contributed by atoms with Crippen molar-refractivity contribution in [3.05, 3.63) is 65.3 Å². The van der Waals surface area contributed by atoms with E-state index in [-0.39, 0.29) is 17.2 Å². The van der Waals surface area contributed by atoms with Crippen LogP contribution in [0.15, 0.2) is 36.7 Å². The Morgan fingerprint density at radius 2 is 1.83 bits per heavy atom. The topological polar surface area (TPSA) is 72.4 Å². The highest BCUT2D eigenvalue weighted by molar-refractivity contribution is 6.08. The highest BCUT2D eigenvalue weighted by atomic mass is 19.1. The van der Waals surface area contributed by atoms with E-state index >= 15 is 0 Å².